The number of hydrogen-bond donors (Lipinski definition) is 1. The van der Waals surface area contributed by atoms with Crippen molar-refractivity contribution in [1.29, 1.82) is 0 Å². The van der Waals surface area contributed by atoms with Crippen molar-refractivity contribution >= 4 is 22.8 Å². The summed E-state index contributed by atoms with van der Waals surface area (Å²) in [5, 5.41) is 14.1. The van der Waals surface area contributed by atoms with Crippen LogP contribution >= 0.6 is 0 Å². The van der Waals surface area contributed by atoms with Crippen molar-refractivity contribution in [3.63, 3.8) is 0 Å². The predicted molar refractivity (Wildman–Crippen MR) is 73.3 cm³/mol. The zero-order valence-corrected chi connectivity index (χ0v) is 11.3. The molecule has 2 rings (SSSR count). The second kappa shape index (κ2) is 4.87. The molecule has 1 aromatic heterocycles. The number of oxazole rings is 1. The van der Waals surface area contributed by atoms with Crippen LogP contribution in [0.15, 0.2) is 22.6 Å². The van der Waals surface area contributed by atoms with Gasteiger partial charge >= 0.3 is 0 Å². The SMILES string of the molecule is CCCC(C)(C)Nc1nc2c([N+](=O)[O-])cccc2o1. The molecule has 0 spiro atoms. The minimum Gasteiger partial charge on any atom is -0.423 e. The van der Waals surface area contributed by atoms with Crippen molar-refractivity contribution in [2.24, 2.45) is 0 Å². The number of nitrogens with zero attached hydrogens (tertiary/aromatic N) is 2. The minimum atomic E-state index is -0.453. The van der Waals surface area contributed by atoms with E-state index in [9.17, 15) is 10.1 Å². The Morgan fingerprint density at radius 2 is 2.21 bits per heavy atom. The molecule has 2 aromatic rings. The maximum Gasteiger partial charge on any atom is 0.298 e. The van der Waals surface area contributed by atoms with E-state index in [1.165, 1.54) is 6.07 Å². The Morgan fingerprint density at radius 1 is 1.47 bits per heavy atom. The van der Waals surface area contributed by atoms with Crippen LogP contribution in [0, 0.1) is 10.1 Å². The number of benzene rings is 1. The summed E-state index contributed by atoms with van der Waals surface area (Å²) >= 11 is 0. The number of aromatic nitrogens is 1. The van der Waals surface area contributed by atoms with Crippen LogP contribution in [0.2, 0.25) is 0 Å². The summed E-state index contributed by atoms with van der Waals surface area (Å²) in [6.45, 7) is 6.18. The second-order valence-electron chi connectivity index (χ2n) is 5.16. The lowest BCUT2D eigenvalue weighted by Gasteiger charge is -2.24. The van der Waals surface area contributed by atoms with Crippen molar-refractivity contribution in [3.8, 4) is 0 Å². The van der Waals surface area contributed by atoms with Crippen LogP contribution < -0.4 is 5.32 Å². The van der Waals surface area contributed by atoms with E-state index in [1.807, 2.05) is 13.8 Å². The van der Waals surface area contributed by atoms with Crippen LogP contribution in [0.5, 0.6) is 0 Å². The number of anilines is 1. The molecule has 0 radical (unpaired) electrons. The number of non-ortho nitro benzene ring substituents is 1. The molecule has 0 aliphatic heterocycles. The highest BCUT2D eigenvalue weighted by molar-refractivity contribution is 5.84. The Hall–Kier alpha value is -2.11. The molecule has 0 amide bonds. The summed E-state index contributed by atoms with van der Waals surface area (Å²) in [7, 11) is 0. The Bertz CT molecular complexity index is 604. The molecule has 0 aliphatic rings. The van der Waals surface area contributed by atoms with E-state index in [1.54, 1.807) is 12.1 Å². The van der Waals surface area contributed by atoms with Gasteiger partial charge in [-0.1, -0.05) is 19.4 Å². The molecule has 0 fully saturated rings. The summed E-state index contributed by atoms with van der Waals surface area (Å²) in [5.74, 6) is 0. The van der Waals surface area contributed by atoms with E-state index in [4.69, 9.17) is 4.42 Å². The lowest BCUT2D eigenvalue weighted by molar-refractivity contribution is -0.383. The third kappa shape index (κ3) is 2.83. The van der Waals surface area contributed by atoms with Crippen LogP contribution in [0.25, 0.3) is 11.1 Å². The molecule has 0 saturated heterocycles. The van der Waals surface area contributed by atoms with Crippen molar-refractivity contribution < 1.29 is 9.34 Å². The summed E-state index contributed by atoms with van der Waals surface area (Å²) in [6.07, 6.45) is 1.98. The average molecular weight is 263 g/mol. The molecule has 0 bridgehead atoms. The molecule has 0 atom stereocenters. The van der Waals surface area contributed by atoms with Crippen LogP contribution in [0.1, 0.15) is 33.6 Å². The molecule has 1 aromatic carbocycles. The zero-order valence-electron chi connectivity index (χ0n) is 11.3. The monoisotopic (exact) mass is 263 g/mol. The maximum atomic E-state index is 10.9. The molecule has 0 aliphatic carbocycles. The fourth-order valence-electron chi connectivity index (χ4n) is 2.11. The predicted octanol–water partition coefficient (Wildman–Crippen LogP) is 3.73. The average Bonchev–Trinajstić information content (AvgIpc) is 2.68. The fraction of sp³-hybridized carbons (Fsp3) is 0.462. The molecule has 1 heterocycles. The van der Waals surface area contributed by atoms with Gasteiger partial charge in [0.05, 0.1) is 4.92 Å². The number of rotatable bonds is 5. The van der Waals surface area contributed by atoms with Gasteiger partial charge in [0.1, 0.15) is 0 Å². The topological polar surface area (TPSA) is 81.2 Å². The Labute approximate surface area is 111 Å². The van der Waals surface area contributed by atoms with Crippen LogP contribution in [-0.2, 0) is 0 Å². The van der Waals surface area contributed by atoms with Gasteiger partial charge in [0.25, 0.3) is 11.7 Å². The first-order chi connectivity index (χ1) is 8.93. The van der Waals surface area contributed by atoms with E-state index in [0.717, 1.165) is 12.8 Å². The number of nitro benzene ring substituents is 1. The van der Waals surface area contributed by atoms with Crippen molar-refractivity contribution in [2.75, 3.05) is 5.32 Å². The van der Waals surface area contributed by atoms with Crippen LogP contribution in [0.3, 0.4) is 0 Å². The second-order valence-corrected chi connectivity index (χ2v) is 5.16. The first kappa shape index (κ1) is 13.3. The third-order valence-electron chi connectivity index (χ3n) is 2.91. The van der Waals surface area contributed by atoms with E-state index < -0.39 is 4.92 Å². The summed E-state index contributed by atoms with van der Waals surface area (Å²) < 4.78 is 5.51. The van der Waals surface area contributed by atoms with Gasteiger partial charge in [0.15, 0.2) is 11.1 Å². The largest absolute Gasteiger partial charge is 0.423 e. The number of nitrogens with one attached hydrogen (secondary N) is 1. The molecule has 1 N–H and O–H groups in total. The number of para-hydroxylation sites is 1. The standard InChI is InChI=1S/C13H17N3O3/c1-4-8-13(2,3)15-12-14-11-9(16(17)18)6-5-7-10(11)19-12/h5-7H,4,8H2,1-3H3,(H,14,15). The highest BCUT2D eigenvalue weighted by Crippen LogP contribution is 2.29. The number of hydrogen-bond acceptors (Lipinski definition) is 5. The third-order valence-corrected chi connectivity index (χ3v) is 2.91. The van der Waals surface area contributed by atoms with E-state index in [2.05, 4.69) is 17.2 Å². The van der Waals surface area contributed by atoms with Crippen LogP contribution in [-0.4, -0.2) is 15.4 Å². The van der Waals surface area contributed by atoms with Crippen molar-refractivity contribution in [2.45, 2.75) is 39.2 Å². The fourth-order valence-corrected chi connectivity index (χ4v) is 2.11. The van der Waals surface area contributed by atoms with Gasteiger partial charge in [-0.25, -0.2) is 0 Å². The highest BCUT2D eigenvalue weighted by Gasteiger charge is 2.22. The van der Waals surface area contributed by atoms with Gasteiger partial charge in [-0.2, -0.15) is 4.98 Å². The van der Waals surface area contributed by atoms with Crippen LogP contribution in [0.4, 0.5) is 11.7 Å². The highest BCUT2D eigenvalue weighted by atomic mass is 16.6. The van der Waals surface area contributed by atoms with Gasteiger partial charge in [-0.3, -0.25) is 10.1 Å². The summed E-state index contributed by atoms with van der Waals surface area (Å²) in [5.41, 5.74) is 0.499. The molecule has 19 heavy (non-hydrogen) atoms. The van der Waals surface area contributed by atoms with Crippen molar-refractivity contribution in [1.82, 2.24) is 4.98 Å². The quantitative estimate of drug-likeness (QED) is 0.656. The van der Waals surface area contributed by atoms with E-state index in [0.29, 0.717) is 11.6 Å². The smallest absolute Gasteiger partial charge is 0.298 e. The number of fused-ring (bicyclic) bond motifs is 1. The first-order valence-electron chi connectivity index (χ1n) is 6.25. The number of nitro groups is 1. The Morgan fingerprint density at radius 3 is 2.84 bits per heavy atom. The maximum absolute atomic E-state index is 10.9. The van der Waals surface area contributed by atoms with E-state index >= 15 is 0 Å². The van der Waals surface area contributed by atoms with Crippen molar-refractivity contribution in [3.05, 3.63) is 28.3 Å². The summed E-state index contributed by atoms with van der Waals surface area (Å²) in [4.78, 5) is 14.6. The minimum absolute atomic E-state index is 0.0393. The molecule has 102 valence electrons. The lowest BCUT2D eigenvalue weighted by atomic mass is 9.99. The Kier molecular flexibility index (Phi) is 3.42. The summed E-state index contributed by atoms with van der Waals surface area (Å²) in [6, 6.07) is 5.01. The molecule has 0 saturated carbocycles. The van der Waals surface area contributed by atoms with Gasteiger partial charge in [0.2, 0.25) is 0 Å². The van der Waals surface area contributed by atoms with Gasteiger partial charge in [-0.15, -0.1) is 0 Å². The molecule has 6 nitrogen and oxygen atoms in total. The van der Waals surface area contributed by atoms with E-state index in [-0.39, 0.29) is 16.7 Å². The molecular weight excluding hydrogens is 246 g/mol. The normalized spacial score (nSPS) is 11.7. The van der Waals surface area contributed by atoms with Gasteiger partial charge in [0, 0.05) is 11.6 Å². The first-order valence-corrected chi connectivity index (χ1v) is 6.25. The van der Waals surface area contributed by atoms with Gasteiger partial charge in [-0.05, 0) is 26.3 Å². The molecule has 0 unspecified atom stereocenters. The zero-order chi connectivity index (χ0) is 14.0. The Balaban J connectivity index is 2.37. The molecular formula is C13H17N3O3. The lowest BCUT2D eigenvalue weighted by Crippen LogP contribution is -2.30. The molecule has 6 heteroatoms. The van der Waals surface area contributed by atoms with Gasteiger partial charge < -0.3 is 9.73 Å².